The molecule has 0 amide bonds. The molecule has 2 rings (SSSR count). The molecule has 182 valence electrons. The van der Waals surface area contributed by atoms with Crippen LogP contribution in [-0.4, -0.2) is 58.9 Å². The first-order valence-electron chi connectivity index (χ1n) is 11.9. The summed E-state index contributed by atoms with van der Waals surface area (Å²) in [6, 6.07) is 0.999. The molecule has 0 spiro atoms. The van der Waals surface area contributed by atoms with Crippen molar-refractivity contribution < 1.29 is 19.1 Å². The van der Waals surface area contributed by atoms with Gasteiger partial charge < -0.3 is 9.47 Å². The van der Waals surface area contributed by atoms with E-state index in [1.807, 2.05) is 0 Å². The molecule has 2 aliphatic carbocycles. The van der Waals surface area contributed by atoms with Crippen molar-refractivity contribution in [2.24, 2.45) is 0 Å². The van der Waals surface area contributed by atoms with Crippen LogP contribution in [0.4, 0.5) is 0 Å². The van der Waals surface area contributed by atoms with Crippen molar-refractivity contribution in [1.29, 1.82) is 0 Å². The highest BCUT2D eigenvalue weighted by Gasteiger charge is 2.27. The number of nitrogens with zero attached hydrogens (tertiary/aromatic N) is 2. The summed E-state index contributed by atoms with van der Waals surface area (Å²) in [5.41, 5.74) is 0.869. The van der Waals surface area contributed by atoms with Gasteiger partial charge >= 0.3 is 11.9 Å². The molecule has 2 fully saturated rings. The van der Waals surface area contributed by atoms with Crippen molar-refractivity contribution in [3.8, 4) is 0 Å². The van der Waals surface area contributed by atoms with Gasteiger partial charge in [-0.3, -0.25) is 0 Å². The number of esters is 2. The number of hydrogen-bond donors (Lipinski definition) is 0. The van der Waals surface area contributed by atoms with E-state index in [4.69, 9.17) is 9.47 Å². The lowest BCUT2D eigenvalue weighted by Gasteiger charge is -2.36. The zero-order chi connectivity index (χ0) is 23.3. The van der Waals surface area contributed by atoms with Gasteiger partial charge in [0.15, 0.2) is 0 Å². The fourth-order valence-electron chi connectivity index (χ4n) is 4.09. The van der Waals surface area contributed by atoms with Gasteiger partial charge in [-0.25, -0.2) is 18.2 Å². The fraction of sp³-hybridized carbons (Fsp3) is 0.750. The summed E-state index contributed by atoms with van der Waals surface area (Å²) >= 11 is 0. The second-order valence-electron chi connectivity index (χ2n) is 8.85. The van der Waals surface area contributed by atoms with E-state index in [1.165, 1.54) is 64.2 Å². The number of rotatable bonds is 13. The van der Waals surface area contributed by atoms with Crippen molar-refractivity contribution in [2.75, 3.05) is 26.3 Å². The third-order valence-electron chi connectivity index (χ3n) is 5.98. The van der Waals surface area contributed by atoms with Crippen LogP contribution in [0.5, 0.6) is 0 Å². The van der Waals surface area contributed by atoms with Gasteiger partial charge in [0.2, 0.25) is 0 Å². The smallest absolute Gasteiger partial charge is 0.333 e. The molecule has 6 nitrogen and oxygen atoms in total. The van der Waals surface area contributed by atoms with Crippen LogP contribution in [0.2, 0.25) is 0 Å². The minimum atomic E-state index is -0.325. The van der Waals surface area contributed by atoms with Gasteiger partial charge in [-0.05, 0) is 39.5 Å². The fourth-order valence-corrected chi connectivity index (χ4v) is 6.91. The maximum Gasteiger partial charge on any atom is 0.333 e. The molecule has 0 bridgehead atoms. The highest BCUT2D eigenvalue weighted by molar-refractivity contribution is 8.74. The minimum Gasteiger partial charge on any atom is -0.461 e. The molecule has 0 unspecified atom stereocenters. The van der Waals surface area contributed by atoms with Crippen LogP contribution < -0.4 is 0 Å². The molecule has 0 heterocycles. The first-order valence-corrected chi connectivity index (χ1v) is 14.0. The van der Waals surface area contributed by atoms with Crippen LogP contribution >= 0.6 is 22.0 Å². The van der Waals surface area contributed by atoms with E-state index in [-0.39, 0.29) is 11.9 Å². The average molecular weight is 485 g/mol. The molecule has 0 aliphatic heterocycles. The van der Waals surface area contributed by atoms with Gasteiger partial charge in [-0.2, -0.15) is 0 Å². The molecule has 0 aromatic heterocycles. The second kappa shape index (κ2) is 15.0. The summed E-state index contributed by atoms with van der Waals surface area (Å²) in [4.78, 5) is 23.6. The Morgan fingerprint density at radius 1 is 0.719 bits per heavy atom. The van der Waals surface area contributed by atoms with E-state index in [2.05, 4.69) is 21.8 Å². The Morgan fingerprint density at radius 3 is 1.38 bits per heavy atom. The number of carbonyl (C=O) groups excluding carboxylic acids is 2. The summed E-state index contributed by atoms with van der Waals surface area (Å²) in [6.45, 7) is 12.8. The third kappa shape index (κ3) is 9.89. The summed E-state index contributed by atoms with van der Waals surface area (Å²) in [7, 11) is 3.52. The molecule has 2 saturated carbocycles. The number of ether oxygens (including phenoxy) is 2. The van der Waals surface area contributed by atoms with Crippen molar-refractivity contribution in [3.05, 3.63) is 24.3 Å². The molecule has 0 saturated heterocycles. The molecule has 0 aromatic carbocycles. The lowest BCUT2D eigenvalue weighted by molar-refractivity contribution is -0.140. The van der Waals surface area contributed by atoms with Gasteiger partial charge in [0, 0.05) is 58.3 Å². The Balaban J connectivity index is 1.94. The third-order valence-corrected chi connectivity index (χ3v) is 8.74. The predicted molar refractivity (Wildman–Crippen MR) is 134 cm³/mol. The molecule has 32 heavy (non-hydrogen) atoms. The molecular formula is C24H40N2O4S2. The van der Waals surface area contributed by atoms with Crippen LogP contribution in [0.3, 0.4) is 0 Å². The topological polar surface area (TPSA) is 59.1 Å². The van der Waals surface area contributed by atoms with Crippen LogP contribution in [0, 0.1) is 0 Å². The van der Waals surface area contributed by atoms with E-state index < -0.39 is 0 Å². The Morgan fingerprint density at radius 2 is 1.06 bits per heavy atom. The van der Waals surface area contributed by atoms with Crippen molar-refractivity contribution in [1.82, 2.24) is 8.61 Å². The molecule has 0 aromatic rings. The van der Waals surface area contributed by atoms with E-state index in [1.54, 1.807) is 35.8 Å². The summed E-state index contributed by atoms with van der Waals surface area (Å²) in [6.07, 6.45) is 12.3. The Hall–Kier alpha value is -0.960. The van der Waals surface area contributed by atoms with Crippen molar-refractivity contribution in [3.63, 3.8) is 0 Å². The van der Waals surface area contributed by atoms with Gasteiger partial charge in [-0.1, -0.05) is 51.7 Å². The monoisotopic (exact) mass is 484 g/mol. The van der Waals surface area contributed by atoms with Crippen LogP contribution in [-0.2, 0) is 19.1 Å². The normalized spacial score (nSPS) is 18.0. The van der Waals surface area contributed by atoms with Crippen molar-refractivity contribution in [2.45, 2.75) is 90.1 Å². The number of carbonyl (C=O) groups is 2. The molecule has 2 aliphatic rings. The predicted octanol–water partition coefficient (Wildman–Crippen LogP) is 5.71. The molecule has 0 atom stereocenters. The quantitative estimate of drug-likeness (QED) is 0.143. The first-order chi connectivity index (χ1) is 15.4. The van der Waals surface area contributed by atoms with E-state index in [0.29, 0.717) is 49.5 Å². The maximum absolute atomic E-state index is 11.8. The molecular weight excluding hydrogens is 444 g/mol. The van der Waals surface area contributed by atoms with E-state index in [9.17, 15) is 9.59 Å². The van der Waals surface area contributed by atoms with E-state index in [0.717, 1.165) is 0 Å². The largest absolute Gasteiger partial charge is 0.461 e. The minimum absolute atomic E-state index is 0.325. The van der Waals surface area contributed by atoms with Gasteiger partial charge in [-0.15, -0.1) is 0 Å². The summed E-state index contributed by atoms with van der Waals surface area (Å²) < 4.78 is 15.5. The Bertz CT molecular complexity index is 577. The van der Waals surface area contributed by atoms with Gasteiger partial charge in [0.1, 0.15) is 13.2 Å². The second-order valence-corrected chi connectivity index (χ2v) is 11.0. The molecule has 0 N–H and O–H groups in total. The standard InChI is InChI=1S/C24H40N2O4S2/c1-19(2)23(27)29-17-15-25(21-11-7-5-8-12-21)31-32-26(22-13-9-6-10-14-22)16-18-30-24(28)20(3)4/h21-22H,1,3,5-18H2,2,4H3. The summed E-state index contributed by atoms with van der Waals surface area (Å²) in [5, 5.41) is 0. The van der Waals surface area contributed by atoms with Crippen LogP contribution in [0.1, 0.15) is 78.1 Å². The SMILES string of the molecule is C=C(C)C(=O)OCCN(SSN(CCOC(=O)C(=C)C)C1CCCCC1)C1CCCCC1. The highest BCUT2D eigenvalue weighted by Crippen LogP contribution is 2.38. The average Bonchev–Trinajstić information content (AvgIpc) is 2.80. The van der Waals surface area contributed by atoms with Crippen LogP contribution in [0.25, 0.3) is 0 Å². The van der Waals surface area contributed by atoms with E-state index >= 15 is 0 Å². The highest BCUT2D eigenvalue weighted by atomic mass is 33.1. The first kappa shape index (κ1) is 27.3. The van der Waals surface area contributed by atoms with Gasteiger partial charge in [0.25, 0.3) is 0 Å². The Kier molecular flexibility index (Phi) is 12.8. The van der Waals surface area contributed by atoms with Crippen LogP contribution in [0.15, 0.2) is 24.3 Å². The zero-order valence-corrected chi connectivity index (χ0v) is 21.4. The molecule has 0 radical (unpaired) electrons. The number of hydrogen-bond acceptors (Lipinski definition) is 8. The lowest BCUT2D eigenvalue weighted by atomic mass is 9.95. The zero-order valence-electron chi connectivity index (χ0n) is 19.8. The lowest BCUT2D eigenvalue weighted by Crippen LogP contribution is -2.37. The Labute approximate surface area is 202 Å². The van der Waals surface area contributed by atoms with Gasteiger partial charge in [0.05, 0.1) is 0 Å². The summed E-state index contributed by atoms with van der Waals surface area (Å²) in [5.74, 6) is -0.649. The maximum atomic E-state index is 11.8. The molecule has 8 heteroatoms. The van der Waals surface area contributed by atoms with Crippen molar-refractivity contribution >= 4 is 33.9 Å².